The van der Waals surface area contributed by atoms with Crippen molar-refractivity contribution in [3.8, 4) is 0 Å². The van der Waals surface area contributed by atoms with Gasteiger partial charge in [0.15, 0.2) is 0 Å². The quantitative estimate of drug-likeness (QED) is 0.780. The first kappa shape index (κ1) is 17.1. The highest BCUT2D eigenvalue weighted by Crippen LogP contribution is 2.11. The zero-order valence-corrected chi connectivity index (χ0v) is 9.81. The molecule has 0 bridgehead atoms. The molecule has 0 saturated carbocycles. The Morgan fingerprint density at radius 3 is 2.00 bits per heavy atom. The summed E-state index contributed by atoms with van der Waals surface area (Å²) in [4.78, 5) is 0.285. The van der Waals surface area contributed by atoms with Crippen LogP contribution in [0.5, 0.6) is 0 Å². The summed E-state index contributed by atoms with van der Waals surface area (Å²) in [5.41, 5.74) is 0. The number of alkyl halides is 1. The first-order valence-corrected chi connectivity index (χ1v) is 3.92. The van der Waals surface area contributed by atoms with Crippen molar-refractivity contribution in [2.75, 3.05) is 0 Å². The molecule has 0 spiro atoms. The van der Waals surface area contributed by atoms with Gasteiger partial charge in [-0.25, -0.2) is 0 Å². The maximum absolute atomic E-state index is 8.91. The van der Waals surface area contributed by atoms with E-state index in [4.69, 9.17) is 5.11 Å². The third-order valence-corrected chi connectivity index (χ3v) is 2.31. The van der Waals surface area contributed by atoms with E-state index < -0.39 is 0 Å². The van der Waals surface area contributed by atoms with Crippen molar-refractivity contribution in [3.63, 3.8) is 0 Å². The van der Waals surface area contributed by atoms with Crippen LogP contribution in [0.3, 0.4) is 0 Å². The van der Waals surface area contributed by atoms with Crippen LogP contribution >= 0.6 is 32.9 Å². The molecule has 2 unspecified atom stereocenters. The summed E-state index contributed by atoms with van der Waals surface area (Å²) in [6, 6.07) is 0. The highest BCUT2D eigenvalue weighted by Gasteiger charge is 2.07. The molecule has 0 saturated heterocycles. The number of aliphatic hydroxyl groups is 1. The van der Waals surface area contributed by atoms with Crippen LogP contribution in [0.1, 0.15) is 26.7 Å². The average Bonchev–Trinajstić information content (AvgIpc) is 1.67. The lowest BCUT2D eigenvalue weighted by Gasteiger charge is -2.09. The lowest BCUT2D eigenvalue weighted by atomic mass is 10.2. The summed E-state index contributed by atoms with van der Waals surface area (Å²) in [7, 11) is 0. The third kappa shape index (κ3) is 8.88. The predicted molar refractivity (Wildman–Crippen MR) is 54.6 cm³/mol. The second-order valence-electron chi connectivity index (χ2n) is 2.05. The van der Waals surface area contributed by atoms with Gasteiger partial charge in [-0.3, -0.25) is 0 Å². The zero-order valence-electron chi connectivity index (χ0n) is 6.51. The van der Waals surface area contributed by atoms with Gasteiger partial charge < -0.3 is 11.3 Å². The Morgan fingerprint density at radius 1 is 1.50 bits per heavy atom. The van der Waals surface area contributed by atoms with E-state index in [1.54, 1.807) is 6.92 Å². The van der Waals surface area contributed by atoms with E-state index in [0.717, 1.165) is 12.8 Å². The Kier molecular flexibility index (Phi) is 16.9. The van der Waals surface area contributed by atoms with Crippen molar-refractivity contribution in [1.29, 1.82) is 0 Å². The Morgan fingerprint density at radius 2 is 1.90 bits per heavy atom. The number of rotatable bonds is 3. The van der Waals surface area contributed by atoms with E-state index in [1.165, 1.54) is 0 Å². The first-order chi connectivity index (χ1) is 3.68. The number of hydrogen-bond donors (Lipinski definition) is 2. The van der Waals surface area contributed by atoms with E-state index in [0.29, 0.717) is 0 Å². The van der Waals surface area contributed by atoms with Crippen LogP contribution in [0.15, 0.2) is 0 Å². The highest BCUT2D eigenvalue weighted by atomic mass is 79.9. The molecule has 0 aromatic rings. The summed E-state index contributed by atoms with van der Waals surface area (Å²) >= 11 is 3.35. The molecule has 0 aliphatic heterocycles. The van der Waals surface area contributed by atoms with Gasteiger partial charge in [0.1, 0.15) is 0 Å². The van der Waals surface area contributed by atoms with Crippen LogP contribution in [0.2, 0.25) is 0 Å². The van der Waals surface area contributed by atoms with Crippen molar-refractivity contribution in [2.45, 2.75) is 37.6 Å². The molecule has 4 heteroatoms. The normalized spacial score (nSPS) is 14.4. The fraction of sp³-hybridized carbons (Fsp3) is 1.00. The minimum absolute atomic E-state index is 0. The van der Waals surface area contributed by atoms with Gasteiger partial charge in [-0.05, 0) is 13.3 Å². The summed E-state index contributed by atoms with van der Waals surface area (Å²) in [6.45, 7) is 3.91. The molecular formula is C6H17Br2NO. The van der Waals surface area contributed by atoms with E-state index in [9.17, 15) is 0 Å². The van der Waals surface area contributed by atoms with Crippen molar-refractivity contribution in [3.05, 3.63) is 0 Å². The molecule has 0 aromatic carbocycles. The smallest absolute Gasteiger partial charge is 0.0637 e. The van der Waals surface area contributed by atoms with Crippen LogP contribution in [0, 0.1) is 0 Å². The topological polar surface area (TPSA) is 55.2 Å². The molecule has 66 valence electrons. The predicted octanol–water partition coefficient (Wildman–Crippen LogP) is 2.67. The molecule has 0 fully saturated rings. The van der Waals surface area contributed by atoms with Gasteiger partial charge in [0.2, 0.25) is 0 Å². The Bertz CT molecular complexity index is 61.7. The average molecular weight is 279 g/mol. The van der Waals surface area contributed by atoms with E-state index >= 15 is 0 Å². The largest absolute Gasteiger partial charge is 0.392 e. The van der Waals surface area contributed by atoms with Crippen molar-refractivity contribution >= 4 is 32.9 Å². The van der Waals surface area contributed by atoms with E-state index in [2.05, 4.69) is 22.9 Å². The fourth-order valence-electron chi connectivity index (χ4n) is 0.517. The first-order valence-electron chi connectivity index (χ1n) is 3.00. The van der Waals surface area contributed by atoms with Crippen LogP contribution in [-0.2, 0) is 0 Å². The Hall–Kier alpha value is 0.880. The highest BCUT2D eigenvalue weighted by molar-refractivity contribution is 9.09. The minimum atomic E-state index is -0.213. The lowest BCUT2D eigenvalue weighted by Crippen LogP contribution is -2.14. The molecule has 0 radical (unpaired) electrons. The Labute approximate surface area is 81.9 Å². The molecule has 4 N–H and O–H groups in total. The van der Waals surface area contributed by atoms with Gasteiger partial charge in [0, 0.05) is 4.83 Å². The SMILES string of the molecule is Br.CCCC(Br)C(C)O.N. The molecule has 10 heavy (non-hydrogen) atoms. The zero-order chi connectivity index (χ0) is 6.57. The molecule has 0 aliphatic carbocycles. The molecule has 0 aliphatic rings. The van der Waals surface area contributed by atoms with Crippen molar-refractivity contribution in [1.82, 2.24) is 6.15 Å². The van der Waals surface area contributed by atoms with Crippen molar-refractivity contribution in [2.24, 2.45) is 0 Å². The fourth-order valence-corrected chi connectivity index (χ4v) is 0.975. The van der Waals surface area contributed by atoms with Gasteiger partial charge >= 0.3 is 0 Å². The Balaban J connectivity index is -0.000000245. The minimum Gasteiger partial charge on any atom is -0.392 e. The second-order valence-corrected chi connectivity index (χ2v) is 3.22. The second kappa shape index (κ2) is 9.88. The standard InChI is InChI=1S/C6H13BrO.BrH.H3N/c1-3-4-6(7)5(2)8;;/h5-6,8H,3-4H2,1-2H3;1H;1H3. The maximum Gasteiger partial charge on any atom is 0.0637 e. The molecule has 0 heterocycles. The maximum atomic E-state index is 8.91. The van der Waals surface area contributed by atoms with E-state index in [1.807, 2.05) is 0 Å². The van der Waals surface area contributed by atoms with Crippen LogP contribution in [0.25, 0.3) is 0 Å². The molecule has 2 nitrogen and oxygen atoms in total. The monoisotopic (exact) mass is 277 g/mol. The summed E-state index contributed by atoms with van der Waals surface area (Å²) in [5, 5.41) is 8.91. The van der Waals surface area contributed by atoms with Crippen LogP contribution < -0.4 is 6.15 Å². The number of halogens is 2. The van der Waals surface area contributed by atoms with Gasteiger partial charge in [0.25, 0.3) is 0 Å². The summed E-state index contributed by atoms with van der Waals surface area (Å²) in [5.74, 6) is 0. The van der Waals surface area contributed by atoms with Gasteiger partial charge in [-0.2, -0.15) is 0 Å². The third-order valence-electron chi connectivity index (χ3n) is 1.09. The molecule has 0 rings (SSSR count). The van der Waals surface area contributed by atoms with Gasteiger partial charge in [-0.1, -0.05) is 29.3 Å². The summed E-state index contributed by atoms with van der Waals surface area (Å²) < 4.78 is 0. The number of hydrogen-bond acceptors (Lipinski definition) is 2. The van der Waals surface area contributed by atoms with Gasteiger partial charge in [0.05, 0.1) is 6.10 Å². The van der Waals surface area contributed by atoms with E-state index in [-0.39, 0.29) is 34.1 Å². The van der Waals surface area contributed by atoms with Crippen LogP contribution in [-0.4, -0.2) is 16.0 Å². The molecular weight excluding hydrogens is 262 g/mol. The molecule has 0 aromatic heterocycles. The van der Waals surface area contributed by atoms with Crippen LogP contribution in [0.4, 0.5) is 0 Å². The molecule has 0 amide bonds. The lowest BCUT2D eigenvalue weighted by molar-refractivity contribution is 0.189. The number of aliphatic hydroxyl groups excluding tert-OH is 1. The summed E-state index contributed by atoms with van der Waals surface area (Å²) in [6.07, 6.45) is 1.97. The molecule has 2 atom stereocenters. The van der Waals surface area contributed by atoms with Gasteiger partial charge in [-0.15, -0.1) is 17.0 Å². The van der Waals surface area contributed by atoms with Crippen molar-refractivity contribution < 1.29 is 5.11 Å².